The largest absolute Gasteiger partial charge is 0.307 e. The molecule has 24 heavy (non-hydrogen) atoms. The smallest absolute Gasteiger partial charge is 0.278 e. The van der Waals surface area contributed by atoms with E-state index in [-0.39, 0.29) is 0 Å². The molecule has 0 aliphatic carbocycles. The number of amidine groups is 1. The minimum atomic E-state index is -3.55. The van der Waals surface area contributed by atoms with Crippen molar-refractivity contribution in [2.75, 3.05) is 0 Å². The molecule has 2 aliphatic heterocycles. The van der Waals surface area contributed by atoms with Gasteiger partial charge in [0, 0.05) is 18.0 Å². The van der Waals surface area contributed by atoms with Gasteiger partial charge >= 0.3 is 0 Å². The normalized spacial score (nSPS) is 17.9. The molecule has 0 fully saturated rings. The number of hydrogen-bond donors (Lipinski definition) is 0. The van der Waals surface area contributed by atoms with Crippen molar-refractivity contribution in [1.29, 1.82) is 0 Å². The van der Waals surface area contributed by atoms with Crippen molar-refractivity contribution in [3.8, 4) is 11.1 Å². The molecule has 118 valence electrons. The van der Waals surface area contributed by atoms with Gasteiger partial charge in [0.15, 0.2) is 5.84 Å². The highest BCUT2D eigenvalue weighted by Gasteiger charge is 2.23. The molecular formula is C19H14N2O2S. The van der Waals surface area contributed by atoms with Crippen molar-refractivity contribution in [2.45, 2.75) is 0 Å². The third kappa shape index (κ3) is 2.70. The second-order valence-corrected chi connectivity index (χ2v) is 6.97. The number of nitrogens with zero attached hydrogens (tertiary/aromatic N) is 2. The molecule has 4 rings (SSSR count). The Kier molecular flexibility index (Phi) is 3.43. The summed E-state index contributed by atoms with van der Waals surface area (Å²) in [5, 5.41) is 1.10. The Labute approximate surface area is 140 Å². The Morgan fingerprint density at radius 3 is 2.21 bits per heavy atom. The fraction of sp³-hybridized carbons (Fsp3) is 0. The van der Waals surface area contributed by atoms with Crippen LogP contribution in [0.3, 0.4) is 0 Å². The summed E-state index contributed by atoms with van der Waals surface area (Å²) in [4.78, 5) is 1.71. The summed E-state index contributed by atoms with van der Waals surface area (Å²) in [6, 6.07) is 18.1. The molecule has 0 atom stereocenters. The van der Waals surface area contributed by atoms with Crippen LogP contribution in [0.4, 0.5) is 0 Å². The number of rotatable bonds is 2. The van der Waals surface area contributed by atoms with E-state index in [2.05, 4.69) is 16.5 Å². The first kappa shape index (κ1) is 14.7. The standard InChI is InChI=1S/C19H14N2O2S/c22-24(23)14-13-21-12-4-7-18(19(21)20-24)17-10-8-16(9-11-17)15-5-2-1-3-6-15/h1-14H. The molecule has 0 saturated carbocycles. The third-order valence-corrected chi connectivity index (χ3v) is 4.80. The van der Waals surface area contributed by atoms with Gasteiger partial charge in [0.05, 0.1) is 5.41 Å². The van der Waals surface area contributed by atoms with E-state index >= 15 is 0 Å². The lowest BCUT2D eigenvalue weighted by Gasteiger charge is -2.25. The zero-order chi connectivity index (χ0) is 16.6. The minimum Gasteiger partial charge on any atom is -0.307 e. The SMILES string of the molecule is O=S1(=O)C=CN2C=CC=C(c3ccc(-c4ccccc4)cc3)C2=N1. The van der Waals surface area contributed by atoms with Crippen LogP contribution in [-0.2, 0) is 10.0 Å². The molecule has 0 aromatic heterocycles. The van der Waals surface area contributed by atoms with Crippen molar-refractivity contribution < 1.29 is 8.42 Å². The summed E-state index contributed by atoms with van der Waals surface area (Å²) >= 11 is 0. The Morgan fingerprint density at radius 2 is 1.46 bits per heavy atom. The lowest BCUT2D eigenvalue weighted by atomic mass is 9.98. The van der Waals surface area contributed by atoms with E-state index in [4.69, 9.17) is 0 Å². The Bertz CT molecular complexity index is 999. The average molecular weight is 334 g/mol. The van der Waals surface area contributed by atoms with Crippen molar-refractivity contribution in [2.24, 2.45) is 4.40 Å². The van der Waals surface area contributed by atoms with Crippen molar-refractivity contribution in [3.05, 3.63) is 90.1 Å². The fourth-order valence-corrected chi connectivity index (χ4v) is 3.50. The van der Waals surface area contributed by atoms with E-state index in [0.717, 1.165) is 27.7 Å². The summed E-state index contributed by atoms with van der Waals surface area (Å²) < 4.78 is 27.4. The molecule has 0 spiro atoms. The second-order valence-electron chi connectivity index (χ2n) is 5.49. The molecular weight excluding hydrogens is 320 g/mol. The molecule has 4 nitrogen and oxygen atoms in total. The topological polar surface area (TPSA) is 49.7 Å². The summed E-state index contributed by atoms with van der Waals surface area (Å²) in [5.41, 5.74) is 3.96. The van der Waals surface area contributed by atoms with Crippen LogP contribution >= 0.6 is 0 Å². The van der Waals surface area contributed by atoms with E-state index in [1.54, 1.807) is 11.1 Å². The highest BCUT2D eigenvalue weighted by Crippen LogP contribution is 2.28. The molecule has 0 unspecified atom stereocenters. The van der Waals surface area contributed by atoms with Crippen molar-refractivity contribution in [3.63, 3.8) is 0 Å². The van der Waals surface area contributed by atoms with Crippen LogP contribution in [0.5, 0.6) is 0 Å². The monoisotopic (exact) mass is 334 g/mol. The number of sulfonamides is 1. The molecule has 2 aromatic carbocycles. The lowest BCUT2D eigenvalue weighted by molar-refractivity contribution is 0.602. The average Bonchev–Trinajstić information content (AvgIpc) is 2.61. The molecule has 2 aliphatic rings. The van der Waals surface area contributed by atoms with Crippen LogP contribution in [0, 0.1) is 0 Å². The van der Waals surface area contributed by atoms with Crippen molar-refractivity contribution >= 4 is 21.4 Å². The molecule has 0 bridgehead atoms. The van der Waals surface area contributed by atoms with E-state index in [1.807, 2.05) is 54.6 Å². The van der Waals surface area contributed by atoms with Gasteiger partial charge in [-0.3, -0.25) is 0 Å². The van der Waals surface area contributed by atoms with Gasteiger partial charge in [-0.2, -0.15) is 8.42 Å². The third-order valence-electron chi connectivity index (χ3n) is 3.91. The van der Waals surface area contributed by atoms with Crippen LogP contribution in [0.2, 0.25) is 0 Å². The molecule has 5 heteroatoms. The van der Waals surface area contributed by atoms with E-state index in [9.17, 15) is 8.42 Å². The van der Waals surface area contributed by atoms with Gasteiger partial charge in [-0.25, -0.2) is 0 Å². The first-order valence-electron chi connectivity index (χ1n) is 7.49. The van der Waals surface area contributed by atoms with Gasteiger partial charge in [-0.05, 0) is 28.8 Å². The predicted octanol–water partition coefficient (Wildman–Crippen LogP) is 3.78. The van der Waals surface area contributed by atoms with Gasteiger partial charge in [0.2, 0.25) is 0 Å². The zero-order valence-corrected chi connectivity index (χ0v) is 13.5. The maximum atomic E-state index is 11.8. The van der Waals surface area contributed by atoms with Crippen LogP contribution in [0.15, 0.2) is 89.0 Å². The highest BCUT2D eigenvalue weighted by atomic mass is 32.2. The van der Waals surface area contributed by atoms with E-state index in [0.29, 0.717) is 5.84 Å². The fourth-order valence-electron chi connectivity index (χ4n) is 2.72. The summed E-state index contributed by atoms with van der Waals surface area (Å²) in [5.74, 6) is 0.424. The van der Waals surface area contributed by atoms with Gasteiger partial charge in [-0.1, -0.05) is 54.6 Å². The Hall–Kier alpha value is -2.92. The van der Waals surface area contributed by atoms with E-state index < -0.39 is 10.0 Å². The lowest BCUT2D eigenvalue weighted by Crippen LogP contribution is -2.27. The quantitative estimate of drug-likeness (QED) is 0.840. The Balaban J connectivity index is 1.72. The molecule has 0 saturated heterocycles. The van der Waals surface area contributed by atoms with Gasteiger partial charge in [-0.15, -0.1) is 4.40 Å². The first-order valence-corrected chi connectivity index (χ1v) is 8.99. The van der Waals surface area contributed by atoms with Crippen LogP contribution < -0.4 is 0 Å². The van der Waals surface area contributed by atoms with E-state index in [1.165, 1.54) is 6.20 Å². The second kappa shape index (κ2) is 5.62. The number of benzene rings is 2. The number of allylic oxidation sites excluding steroid dienone is 2. The predicted molar refractivity (Wildman–Crippen MR) is 96.3 cm³/mol. The Morgan fingerprint density at radius 1 is 0.792 bits per heavy atom. The molecule has 0 radical (unpaired) electrons. The zero-order valence-electron chi connectivity index (χ0n) is 12.7. The first-order chi connectivity index (χ1) is 11.6. The number of fused-ring (bicyclic) bond motifs is 1. The van der Waals surface area contributed by atoms with Crippen LogP contribution in [0.1, 0.15) is 5.56 Å². The molecule has 0 N–H and O–H groups in total. The van der Waals surface area contributed by atoms with Crippen LogP contribution in [0.25, 0.3) is 16.7 Å². The molecule has 2 heterocycles. The van der Waals surface area contributed by atoms with Crippen molar-refractivity contribution in [1.82, 2.24) is 4.90 Å². The summed E-state index contributed by atoms with van der Waals surface area (Å²) in [6.45, 7) is 0. The maximum Gasteiger partial charge on any atom is 0.278 e. The molecule has 2 aromatic rings. The summed E-state index contributed by atoms with van der Waals surface area (Å²) in [6.07, 6.45) is 7.05. The van der Waals surface area contributed by atoms with Gasteiger partial charge < -0.3 is 4.90 Å². The highest BCUT2D eigenvalue weighted by molar-refractivity contribution is 7.93. The van der Waals surface area contributed by atoms with Gasteiger partial charge in [0.25, 0.3) is 10.0 Å². The van der Waals surface area contributed by atoms with Crippen LogP contribution in [-0.4, -0.2) is 19.2 Å². The number of hydrogen-bond acceptors (Lipinski definition) is 3. The minimum absolute atomic E-state index is 0.424. The maximum absolute atomic E-state index is 11.8. The molecule has 0 amide bonds. The summed E-state index contributed by atoms with van der Waals surface area (Å²) in [7, 11) is -3.55. The van der Waals surface area contributed by atoms with Gasteiger partial charge in [0.1, 0.15) is 0 Å².